The van der Waals surface area contributed by atoms with Crippen molar-refractivity contribution in [3.63, 3.8) is 0 Å². The second-order valence-electron chi connectivity index (χ2n) is 8.22. The highest BCUT2D eigenvalue weighted by Gasteiger charge is 2.20. The van der Waals surface area contributed by atoms with Gasteiger partial charge in [-0.25, -0.2) is 9.78 Å². The third kappa shape index (κ3) is 4.42. The Hall–Kier alpha value is -3.42. The van der Waals surface area contributed by atoms with E-state index in [0.29, 0.717) is 27.9 Å². The molecule has 0 spiro atoms. The topological polar surface area (TPSA) is 78.7 Å². The summed E-state index contributed by atoms with van der Waals surface area (Å²) in [5.74, 6) is 0.294. The summed E-state index contributed by atoms with van der Waals surface area (Å²) in [6.45, 7) is 5.29. The van der Waals surface area contributed by atoms with E-state index in [4.69, 9.17) is 16.0 Å². The monoisotopic (exact) mass is 462 g/mol. The summed E-state index contributed by atoms with van der Waals surface area (Å²) in [5, 5.41) is 4.80. The zero-order valence-electron chi connectivity index (χ0n) is 18.2. The maximum atomic E-state index is 12.8. The second-order valence-corrected chi connectivity index (χ2v) is 8.66. The number of carbonyl (C=O) groups is 1. The molecule has 33 heavy (non-hydrogen) atoms. The van der Waals surface area contributed by atoms with Crippen LogP contribution in [0.2, 0.25) is 5.02 Å². The molecule has 8 heteroatoms. The van der Waals surface area contributed by atoms with Crippen molar-refractivity contribution in [2.45, 2.75) is 6.92 Å². The lowest BCUT2D eigenvalue weighted by atomic mass is 10.1. The van der Waals surface area contributed by atoms with Crippen LogP contribution in [0.4, 0.5) is 11.5 Å². The molecule has 1 saturated heterocycles. The summed E-state index contributed by atoms with van der Waals surface area (Å²) in [5.41, 5.74) is 2.39. The maximum Gasteiger partial charge on any atom is 0.346 e. The number of rotatable bonds is 4. The van der Waals surface area contributed by atoms with E-state index in [-0.39, 0.29) is 12.5 Å². The van der Waals surface area contributed by atoms with Crippen LogP contribution >= 0.6 is 11.6 Å². The molecule has 1 aliphatic heterocycles. The van der Waals surface area contributed by atoms with Crippen molar-refractivity contribution >= 4 is 50.9 Å². The molecule has 7 nitrogen and oxygen atoms in total. The van der Waals surface area contributed by atoms with Gasteiger partial charge >= 0.3 is 5.63 Å². The van der Waals surface area contributed by atoms with Gasteiger partial charge < -0.3 is 14.6 Å². The normalized spacial score (nSPS) is 14.7. The van der Waals surface area contributed by atoms with Gasteiger partial charge in [-0.3, -0.25) is 9.69 Å². The van der Waals surface area contributed by atoms with Crippen LogP contribution in [0.15, 0.2) is 63.8 Å². The molecule has 1 aliphatic rings. The van der Waals surface area contributed by atoms with E-state index in [1.54, 1.807) is 12.1 Å². The number of anilines is 2. The molecule has 5 rings (SSSR count). The molecule has 168 valence electrons. The van der Waals surface area contributed by atoms with Gasteiger partial charge in [-0.1, -0.05) is 29.8 Å². The van der Waals surface area contributed by atoms with E-state index in [9.17, 15) is 9.59 Å². The number of hydrogen-bond donors (Lipinski definition) is 1. The summed E-state index contributed by atoms with van der Waals surface area (Å²) in [6.07, 6.45) is 0. The largest absolute Gasteiger partial charge is 0.422 e. The second kappa shape index (κ2) is 8.84. The van der Waals surface area contributed by atoms with Crippen LogP contribution < -0.4 is 15.8 Å². The van der Waals surface area contributed by atoms with E-state index in [2.05, 4.69) is 20.1 Å². The standard InChI is InChI=1S/C25H23ClN4O3/c1-16-13-21(28-24-19-7-2-3-8-20(19)33-25(32)23(16)24)27-22(31)15-29-9-11-30(12-10-29)18-6-4-5-17(26)14-18/h2-8,13-14H,9-12,15H2,1H3,(H,27,28,31). The van der Waals surface area contributed by atoms with Crippen molar-refractivity contribution in [1.82, 2.24) is 9.88 Å². The molecule has 1 amide bonds. The molecular formula is C25H23ClN4O3. The quantitative estimate of drug-likeness (QED) is 0.364. The molecule has 0 atom stereocenters. The number of amides is 1. The fourth-order valence-electron chi connectivity index (χ4n) is 4.31. The van der Waals surface area contributed by atoms with E-state index < -0.39 is 5.63 Å². The van der Waals surface area contributed by atoms with Crippen LogP contribution in [0.1, 0.15) is 5.56 Å². The zero-order valence-corrected chi connectivity index (χ0v) is 18.9. The highest BCUT2D eigenvalue weighted by atomic mass is 35.5. The molecule has 0 saturated carbocycles. The minimum absolute atomic E-state index is 0.135. The Kier molecular flexibility index (Phi) is 5.74. The number of piperazine rings is 1. The summed E-state index contributed by atoms with van der Waals surface area (Å²) >= 11 is 6.11. The van der Waals surface area contributed by atoms with Gasteiger partial charge in [-0.2, -0.15) is 0 Å². The van der Waals surface area contributed by atoms with E-state index >= 15 is 0 Å². The average molecular weight is 463 g/mol. The fraction of sp³-hybridized carbons (Fsp3) is 0.240. The first kappa shape index (κ1) is 21.4. The van der Waals surface area contributed by atoms with Crippen molar-refractivity contribution < 1.29 is 9.21 Å². The lowest BCUT2D eigenvalue weighted by molar-refractivity contribution is -0.117. The average Bonchev–Trinajstić information content (AvgIpc) is 2.79. The number of nitrogens with one attached hydrogen (secondary N) is 1. The lowest BCUT2D eigenvalue weighted by Crippen LogP contribution is -2.48. The van der Waals surface area contributed by atoms with Gasteiger partial charge in [0.1, 0.15) is 11.4 Å². The first-order valence-corrected chi connectivity index (χ1v) is 11.2. The van der Waals surface area contributed by atoms with Crippen LogP contribution in [0.3, 0.4) is 0 Å². The third-order valence-electron chi connectivity index (χ3n) is 5.95. The SMILES string of the molecule is Cc1cc(NC(=O)CN2CCN(c3cccc(Cl)c3)CC2)nc2c1c(=O)oc1ccccc12. The van der Waals surface area contributed by atoms with Crippen molar-refractivity contribution in [1.29, 1.82) is 0 Å². The van der Waals surface area contributed by atoms with Gasteiger partial charge in [-0.05, 0) is 48.9 Å². The van der Waals surface area contributed by atoms with Gasteiger partial charge in [0.2, 0.25) is 5.91 Å². The smallest absolute Gasteiger partial charge is 0.346 e. The predicted molar refractivity (Wildman–Crippen MR) is 131 cm³/mol. The summed E-state index contributed by atoms with van der Waals surface area (Å²) < 4.78 is 5.42. The van der Waals surface area contributed by atoms with Gasteiger partial charge in [0, 0.05) is 42.3 Å². The lowest BCUT2D eigenvalue weighted by Gasteiger charge is -2.35. The molecule has 1 N–H and O–H groups in total. The number of para-hydroxylation sites is 1. The number of pyridine rings is 1. The van der Waals surface area contributed by atoms with Crippen LogP contribution in [0.25, 0.3) is 21.9 Å². The predicted octanol–water partition coefficient (Wildman–Crippen LogP) is 4.06. The van der Waals surface area contributed by atoms with Crippen LogP contribution in [-0.4, -0.2) is 48.5 Å². The number of aryl methyl sites for hydroxylation is 1. The Morgan fingerprint density at radius 1 is 1.09 bits per heavy atom. The van der Waals surface area contributed by atoms with Crippen LogP contribution in [0.5, 0.6) is 0 Å². The Morgan fingerprint density at radius 3 is 2.67 bits per heavy atom. The summed E-state index contributed by atoms with van der Waals surface area (Å²) in [7, 11) is 0. The number of fused-ring (bicyclic) bond motifs is 3. The molecule has 2 aromatic heterocycles. The first-order chi connectivity index (χ1) is 16.0. The number of carbonyl (C=O) groups excluding carboxylic acids is 1. The number of halogens is 1. The first-order valence-electron chi connectivity index (χ1n) is 10.8. The van der Waals surface area contributed by atoms with Crippen molar-refractivity contribution in [3.8, 4) is 0 Å². The number of hydrogen-bond acceptors (Lipinski definition) is 6. The van der Waals surface area contributed by atoms with E-state index in [0.717, 1.165) is 42.3 Å². The Bertz CT molecular complexity index is 1410. The number of nitrogens with zero attached hydrogens (tertiary/aromatic N) is 3. The Morgan fingerprint density at radius 2 is 1.88 bits per heavy atom. The number of aromatic nitrogens is 1. The molecule has 2 aromatic carbocycles. The Labute approximate surface area is 195 Å². The van der Waals surface area contributed by atoms with Crippen molar-refractivity contribution in [2.24, 2.45) is 0 Å². The minimum Gasteiger partial charge on any atom is -0.422 e. The Balaban J connectivity index is 1.29. The summed E-state index contributed by atoms with van der Waals surface area (Å²) in [6, 6.07) is 16.8. The number of benzene rings is 2. The van der Waals surface area contributed by atoms with Crippen molar-refractivity contribution in [3.05, 3.63) is 75.6 Å². The summed E-state index contributed by atoms with van der Waals surface area (Å²) in [4.78, 5) is 34.2. The van der Waals surface area contributed by atoms with Gasteiger partial charge in [0.15, 0.2) is 0 Å². The van der Waals surface area contributed by atoms with Crippen molar-refractivity contribution in [2.75, 3.05) is 42.9 Å². The maximum absolute atomic E-state index is 12.8. The molecule has 3 heterocycles. The highest BCUT2D eigenvalue weighted by molar-refractivity contribution is 6.30. The molecule has 0 aliphatic carbocycles. The molecule has 0 bridgehead atoms. The van der Waals surface area contributed by atoms with Gasteiger partial charge in [0.25, 0.3) is 0 Å². The third-order valence-corrected chi connectivity index (χ3v) is 6.18. The van der Waals surface area contributed by atoms with Gasteiger partial charge in [0.05, 0.1) is 17.4 Å². The molecule has 1 fully saturated rings. The van der Waals surface area contributed by atoms with Crippen LogP contribution in [0, 0.1) is 6.92 Å². The highest BCUT2D eigenvalue weighted by Crippen LogP contribution is 2.25. The van der Waals surface area contributed by atoms with E-state index in [1.165, 1.54) is 0 Å². The zero-order chi connectivity index (χ0) is 22.9. The molecule has 0 radical (unpaired) electrons. The fourth-order valence-corrected chi connectivity index (χ4v) is 4.50. The minimum atomic E-state index is -0.427. The van der Waals surface area contributed by atoms with Gasteiger partial charge in [-0.15, -0.1) is 0 Å². The van der Waals surface area contributed by atoms with E-state index in [1.807, 2.05) is 49.4 Å². The molecular weight excluding hydrogens is 440 g/mol. The van der Waals surface area contributed by atoms with Crippen LogP contribution in [-0.2, 0) is 4.79 Å². The molecule has 4 aromatic rings. The molecule has 0 unspecified atom stereocenters.